The molecule has 0 saturated carbocycles. The van der Waals surface area contributed by atoms with Crippen LogP contribution in [0.4, 0.5) is 0 Å². The molecule has 0 bridgehead atoms. The van der Waals surface area contributed by atoms with Gasteiger partial charge in [0.25, 0.3) is 11.5 Å². The van der Waals surface area contributed by atoms with E-state index in [9.17, 15) is 9.59 Å². The van der Waals surface area contributed by atoms with Crippen molar-refractivity contribution in [3.63, 3.8) is 0 Å². The number of carbonyl (C=O) groups excluding carboxylic acids is 1. The molecule has 2 aromatic heterocycles. The van der Waals surface area contributed by atoms with E-state index in [2.05, 4.69) is 15.5 Å². The van der Waals surface area contributed by atoms with E-state index in [1.54, 1.807) is 42.2 Å². The van der Waals surface area contributed by atoms with Crippen LogP contribution in [0.25, 0.3) is 21.9 Å². The van der Waals surface area contributed by atoms with E-state index in [-0.39, 0.29) is 11.5 Å². The minimum absolute atomic E-state index is 0.0901. The average molecular weight is 393 g/mol. The van der Waals surface area contributed by atoms with Gasteiger partial charge in [-0.05, 0) is 46.8 Å². The molecule has 0 aliphatic heterocycles. The molecule has 4 aromatic rings. The lowest BCUT2D eigenvalue weighted by molar-refractivity contribution is 0.0963. The Hall–Kier alpha value is -3.38. The molecule has 0 aliphatic rings. The van der Waals surface area contributed by atoms with E-state index in [0.717, 1.165) is 22.1 Å². The zero-order valence-corrected chi connectivity index (χ0v) is 15.8. The molecule has 6 nitrogen and oxygen atoms in total. The molecule has 28 heavy (non-hydrogen) atoms. The van der Waals surface area contributed by atoms with Crippen molar-refractivity contribution in [2.45, 2.75) is 6.54 Å². The largest absolute Gasteiger partial charge is 0.355 e. The van der Waals surface area contributed by atoms with E-state index >= 15 is 0 Å². The lowest BCUT2D eigenvalue weighted by Gasteiger charge is -2.09. The molecule has 1 amide bonds. The second-order valence-corrected chi connectivity index (χ2v) is 6.81. The van der Waals surface area contributed by atoms with Gasteiger partial charge in [-0.3, -0.25) is 14.7 Å². The Morgan fingerprint density at radius 2 is 2.07 bits per heavy atom. The third kappa shape index (κ3) is 3.30. The molecular formula is C21H17ClN4O2. The number of hydrogen-bond donors (Lipinski definition) is 2. The summed E-state index contributed by atoms with van der Waals surface area (Å²) in [5.41, 5.74) is 3.04. The highest BCUT2D eigenvalue weighted by molar-refractivity contribution is 6.32. The van der Waals surface area contributed by atoms with Gasteiger partial charge in [-0.2, -0.15) is 5.10 Å². The van der Waals surface area contributed by atoms with Crippen LogP contribution in [0.15, 0.2) is 65.7 Å². The van der Waals surface area contributed by atoms with E-state index in [1.807, 2.05) is 30.3 Å². The number of fused-ring (bicyclic) bond motifs is 1. The van der Waals surface area contributed by atoms with Crippen LogP contribution in [0, 0.1) is 0 Å². The summed E-state index contributed by atoms with van der Waals surface area (Å²) in [4.78, 5) is 24.7. The van der Waals surface area contributed by atoms with Gasteiger partial charge in [-0.15, -0.1) is 0 Å². The molecule has 7 heteroatoms. The number of amides is 1. The summed E-state index contributed by atoms with van der Waals surface area (Å²) >= 11 is 6.11. The molecule has 0 unspecified atom stereocenters. The first kappa shape index (κ1) is 18.0. The van der Waals surface area contributed by atoms with Crippen molar-refractivity contribution in [3.05, 3.63) is 87.6 Å². The molecule has 2 aromatic carbocycles. The van der Waals surface area contributed by atoms with Crippen molar-refractivity contribution in [1.29, 1.82) is 0 Å². The quantitative estimate of drug-likeness (QED) is 0.558. The third-order valence-electron chi connectivity index (χ3n) is 4.65. The van der Waals surface area contributed by atoms with E-state index in [1.165, 1.54) is 0 Å². The molecule has 4 rings (SSSR count). The van der Waals surface area contributed by atoms with Crippen LogP contribution in [0.3, 0.4) is 0 Å². The lowest BCUT2D eigenvalue weighted by Crippen LogP contribution is -2.21. The second kappa shape index (κ2) is 7.32. The number of halogens is 1. The number of nitrogens with one attached hydrogen (secondary N) is 2. The van der Waals surface area contributed by atoms with Crippen LogP contribution < -0.4 is 10.9 Å². The number of rotatable bonds is 4. The molecular weight excluding hydrogens is 376 g/mol. The minimum atomic E-state index is -0.154. The summed E-state index contributed by atoms with van der Waals surface area (Å²) in [5.74, 6) is -0.154. The summed E-state index contributed by atoms with van der Waals surface area (Å²) < 4.78 is 1.63. The normalized spacial score (nSPS) is 10.9. The van der Waals surface area contributed by atoms with Crippen LogP contribution in [0.2, 0.25) is 5.15 Å². The highest BCUT2D eigenvalue weighted by Crippen LogP contribution is 2.27. The monoisotopic (exact) mass is 392 g/mol. The number of benzene rings is 2. The Kier molecular flexibility index (Phi) is 4.71. The first-order chi connectivity index (χ1) is 13.6. The summed E-state index contributed by atoms with van der Waals surface area (Å²) in [6.45, 7) is 0.384. The number of aromatic nitrogens is 3. The van der Waals surface area contributed by atoms with Crippen molar-refractivity contribution < 1.29 is 4.79 Å². The predicted octanol–water partition coefficient (Wildman–Crippen LogP) is 3.45. The molecule has 0 saturated heterocycles. The second-order valence-electron chi connectivity index (χ2n) is 6.43. The van der Waals surface area contributed by atoms with E-state index < -0.39 is 0 Å². The first-order valence-electron chi connectivity index (χ1n) is 8.70. The summed E-state index contributed by atoms with van der Waals surface area (Å²) in [6, 6.07) is 14.7. The van der Waals surface area contributed by atoms with Gasteiger partial charge < -0.3 is 9.88 Å². The molecule has 2 N–H and O–H groups in total. The number of H-pyrrole nitrogens is 1. The minimum Gasteiger partial charge on any atom is -0.355 e. The van der Waals surface area contributed by atoms with Gasteiger partial charge in [0.05, 0.1) is 12.7 Å². The average Bonchev–Trinajstić information content (AvgIpc) is 3.15. The van der Waals surface area contributed by atoms with Crippen molar-refractivity contribution in [3.8, 4) is 11.1 Å². The lowest BCUT2D eigenvalue weighted by atomic mass is 10.0. The summed E-state index contributed by atoms with van der Waals surface area (Å²) in [6.07, 6.45) is 3.42. The molecule has 0 spiro atoms. The van der Waals surface area contributed by atoms with Crippen LogP contribution in [0.5, 0.6) is 0 Å². The van der Waals surface area contributed by atoms with Gasteiger partial charge >= 0.3 is 0 Å². The number of carbonyl (C=O) groups is 1. The molecule has 0 fully saturated rings. The van der Waals surface area contributed by atoms with Crippen molar-refractivity contribution in [1.82, 2.24) is 20.1 Å². The van der Waals surface area contributed by atoms with Crippen LogP contribution in [0.1, 0.15) is 15.9 Å². The van der Waals surface area contributed by atoms with Crippen LogP contribution in [-0.2, 0) is 6.54 Å². The fourth-order valence-corrected chi connectivity index (χ4v) is 3.41. The number of nitrogens with zero attached hydrogens (tertiary/aromatic N) is 2. The zero-order chi connectivity index (χ0) is 19.7. The van der Waals surface area contributed by atoms with Crippen molar-refractivity contribution in [2.75, 3.05) is 7.05 Å². The Bertz CT molecular complexity index is 1240. The fourth-order valence-electron chi connectivity index (χ4n) is 3.20. The molecule has 0 radical (unpaired) electrons. The van der Waals surface area contributed by atoms with Gasteiger partial charge in [0, 0.05) is 29.8 Å². The standard InChI is InChI=1S/C21H17ClN4O2/c1-23-20(27)16-4-2-3-13(9-16)12-26-8-7-15-10-14(5-6-17(15)21(26)28)18-11-24-25-19(18)22/h2-11H,12H2,1H3,(H,23,27)(H,24,25). The SMILES string of the molecule is CNC(=O)c1cccc(Cn2ccc3cc(-c4cn[nH]c4Cl)ccc3c2=O)c1. The summed E-state index contributed by atoms with van der Waals surface area (Å²) in [7, 11) is 1.59. The van der Waals surface area contributed by atoms with Crippen molar-refractivity contribution >= 4 is 28.3 Å². The summed E-state index contributed by atoms with van der Waals surface area (Å²) in [5, 5.41) is 11.1. The molecule has 2 heterocycles. The maximum atomic E-state index is 12.9. The number of pyridine rings is 1. The van der Waals surface area contributed by atoms with Gasteiger partial charge in [0.15, 0.2) is 0 Å². The van der Waals surface area contributed by atoms with Crippen LogP contribution >= 0.6 is 11.6 Å². The van der Waals surface area contributed by atoms with Crippen LogP contribution in [-0.4, -0.2) is 27.7 Å². The fraction of sp³-hybridized carbons (Fsp3) is 0.0952. The molecule has 140 valence electrons. The van der Waals surface area contributed by atoms with E-state index in [4.69, 9.17) is 11.6 Å². The Morgan fingerprint density at radius 1 is 1.21 bits per heavy atom. The Balaban J connectivity index is 1.70. The Labute approximate surface area is 165 Å². The first-order valence-corrected chi connectivity index (χ1v) is 9.08. The van der Waals surface area contributed by atoms with Gasteiger partial charge in [-0.1, -0.05) is 29.8 Å². The number of hydrogen-bond acceptors (Lipinski definition) is 3. The molecule has 0 atom stereocenters. The topological polar surface area (TPSA) is 79.8 Å². The van der Waals surface area contributed by atoms with Gasteiger partial charge in [0.1, 0.15) is 5.15 Å². The maximum Gasteiger partial charge on any atom is 0.258 e. The number of aromatic amines is 1. The van der Waals surface area contributed by atoms with E-state index in [0.29, 0.717) is 22.6 Å². The Morgan fingerprint density at radius 3 is 2.82 bits per heavy atom. The highest BCUT2D eigenvalue weighted by Gasteiger charge is 2.10. The zero-order valence-electron chi connectivity index (χ0n) is 15.1. The highest BCUT2D eigenvalue weighted by atomic mass is 35.5. The maximum absolute atomic E-state index is 12.9. The van der Waals surface area contributed by atoms with Gasteiger partial charge in [0.2, 0.25) is 0 Å². The van der Waals surface area contributed by atoms with Gasteiger partial charge in [-0.25, -0.2) is 0 Å². The van der Waals surface area contributed by atoms with Crippen molar-refractivity contribution in [2.24, 2.45) is 0 Å². The molecule has 0 aliphatic carbocycles. The smallest absolute Gasteiger partial charge is 0.258 e. The third-order valence-corrected chi connectivity index (χ3v) is 4.94. The predicted molar refractivity (Wildman–Crippen MR) is 110 cm³/mol.